The van der Waals surface area contributed by atoms with Crippen LogP contribution < -0.4 is 5.32 Å². The number of amides is 2. The number of hydrogen-bond donors (Lipinski definition) is 1. The predicted molar refractivity (Wildman–Crippen MR) is 102 cm³/mol. The summed E-state index contributed by atoms with van der Waals surface area (Å²) in [5, 5.41) is 2.50. The molecule has 1 N–H and O–H groups in total. The fourth-order valence-corrected chi connectivity index (χ4v) is 3.89. The van der Waals surface area contributed by atoms with Crippen molar-refractivity contribution in [3.8, 4) is 0 Å². The van der Waals surface area contributed by atoms with Gasteiger partial charge in [-0.1, -0.05) is 43.3 Å². The summed E-state index contributed by atoms with van der Waals surface area (Å²) in [7, 11) is 1.79. The summed E-state index contributed by atoms with van der Waals surface area (Å²) >= 11 is 1.46. The van der Waals surface area contributed by atoms with Gasteiger partial charge in [-0.25, -0.2) is 0 Å². The maximum absolute atomic E-state index is 12.5. The number of rotatable bonds is 5. The van der Waals surface area contributed by atoms with E-state index in [1.54, 1.807) is 11.9 Å². The number of fused-ring (bicyclic) bond motifs is 1. The number of thioether (sulfide) groups is 1. The van der Waals surface area contributed by atoms with Crippen LogP contribution in [0.5, 0.6) is 0 Å². The largest absolute Gasteiger partial charge is 0.341 e. The highest BCUT2D eigenvalue weighted by molar-refractivity contribution is 8.01. The minimum atomic E-state index is -0.382. The Morgan fingerprint density at radius 1 is 1.12 bits per heavy atom. The third-order valence-electron chi connectivity index (χ3n) is 4.34. The lowest BCUT2D eigenvalue weighted by atomic mass is 10.1. The number of carbonyl (C=O) groups is 2. The smallest absolute Gasteiger partial charge is 0.238 e. The van der Waals surface area contributed by atoms with E-state index in [2.05, 4.69) is 36.5 Å². The first-order chi connectivity index (χ1) is 12.1. The standard InChI is InChI=1S/C20H22N2O2S/c1-3-14-8-10-15(11-9-14)13-22(2)19(23)12-18-20(24)21-16-6-4-5-7-17(16)25-18/h4-11,18H,3,12-13H2,1-2H3,(H,21,24). The lowest BCUT2D eigenvalue weighted by Gasteiger charge is -2.25. The number of carbonyl (C=O) groups excluding carboxylic acids is 2. The first-order valence-electron chi connectivity index (χ1n) is 8.45. The van der Waals surface area contributed by atoms with Gasteiger partial charge in [-0.2, -0.15) is 0 Å². The van der Waals surface area contributed by atoms with Crippen molar-refractivity contribution in [2.75, 3.05) is 12.4 Å². The number of nitrogens with one attached hydrogen (secondary N) is 1. The third-order valence-corrected chi connectivity index (χ3v) is 5.62. The summed E-state index contributed by atoms with van der Waals surface area (Å²) in [5.41, 5.74) is 3.20. The maximum atomic E-state index is 12.5. The molecule has 1 aliphatic rings. The average Bonchev–Trinajstić information content (AvgIpc) is 2.63. The maximum Gasteiger partial charge on any atom is 0.238 e. The van der Waals surface area contributed by atoms with E-state index in [1.165, 1.54) is 17.3 Å². The minimum Gasteiger partial charge on any atom is -0.341 e. The quantitative estimate of drug-likeness (QED) is 0.890. The molecule has 1 unspecified atom stereocenters. The van der Waals surface area contributed by atoms with Crippen molar-refractivity contribution in [2.45, 2.75) is 36.5 Å². The predicted octanol–water partition coefficient (Wildman–Crippen LogP) is 3.71. The topological polar surface area (TPSA) is 49.4 Å². The number of hydrogen-bond acceptors (Lipinski definition) is 3. The van der Waals surface area contributed by atoms with Gasteiger partial charge in [-0.15, -0.1) is 11.8 Å². The highest BCUT2D eigenvalue weighted by Crippen LogP contribution is 2.36. The molecule has 2 aromatic carbocycles. The van der Waals surface area contributed by atoms with Crippen molar-refractivity contribution in [1.82, 2.24) is 4.90 Å². The number of para-hydroxylation sites is 1. The van der Waals surface area contributed by atoms with E-state index in [9.17, 15) is 9.59 Å². The number of anilines is 1. The van der Waals surface area contributed by atoms with E-state index < -0.39 is 0 Å². The summed E-state index contributed by atoms with van der Waals surface area (Å²) in [4.78, 5) is 27.5. The van der Waals surface area contributed by atoms with Crippen molar-refractivity contribution >= 4 is 29.3 Å². The SMILES string of the molecule is CCc1ccc(CN(C)C(=O)CC2Sc3ccccc3NC2=O)cc1. The van der Waals surface area contributed by atoms with Gasteiger partial charge in [-0.3, -0.25) is 9.59 Å². The molecule has 25 heavy (non-hydrogen) atoms. The highest BCUT2D eigenvalue weighted by Gasteiger charge is 2.29. The van der Waals surface area contributed by atoms with Crippen molar-refractivity contribution < 1.29 is 9.59 Å². The van der Waals surface area contributed by atoms with Crippen LogP contribution >= 0.6 is 11.8 Å². The van der Waals surface area contributed by atoms with E-state index in [0.29, 0.717) is 6.54 Å². The molecule has 0 aliphatic carbocycles. The molecule has 1 aliphatic heterocycles. The molecular weight excluding hydrogens is 332 g/mol. The van der Waals surface area contributed by atoms with Gasteiger partial charge in [0.1, 0.15) is 0 Å². The van der Waals surface area contributed by atoms with E-state index in [1.807, 2.05) is 24.3 Å². The number of nitrogens with zero attached hydrogens (tertiary/aromatic N) is 1. The molecule has 0 aromatic heterocycles. The molecule has 5 heteroatoms. The monoisotopic (exact) mass is 354 g/mol. The Labute approximate surface area is 152 Å². The van der Waals surface area contributed by atoms with Crippen LogP contribution in [0.1, 0.15) is 24.5 Å². The van der Waals surface area contributed by atoms with Gasteiger partial charge in [0.25, 0.3) is 0 Å². The zero-order chi connectivity index (χ0) is 17.8. The number of benzene rings is 2. The second kappa shape index (κ2) is 7.74. The normalized spacial score (nSPS) is 16.1. The zero-order valence-electron chi connectivity index (χ0n) is 14.5. The van der Waals surface area contributed by atoms with E-state index in [-0.39, 0.29) is 23.5 Å². The Bertz CT molecular complexity index is 774. The molecule has 0 spiro atoms. The van der Waals surface area contributed by atoms with Crippen LogP contribution in [0.4, 0.5) is 5.69 Å². The molecular formula is C20H22N2O2S. The molecule has 0 radical (unpaired) electrons. The Balaban J connectivity index is 1.60. The van der Waals surface area contributed by atoms with Gasteiger partial charge < -0.3 is 10.2 Å². The van der Waals surface area contributed by atoms with Crippen molar-refractivity contribution in [3.05, 3.63) is 59.7 Å². The van der Waals surface area contributed by atoms with Crippen molar-refractivity contribution in [2.24, 2.45) is 0 Å². The molecule has 1 atom stereocenters. The lowest BCUT2D eigenvalue weighted by Crippen LogP contribution is -2.35. The van der Waals surface area contributed by atoms with Gasteiger partial charge in [0.15, 0.2) is 0 Å². The molecule has 4 nitrogen and oxygen atoms in total. The second-order valence-electron chi connectivity index (χ2n) is 6.22. The first-order valence-corrected chi connectivity index (χ1v) is 9.33. The molecule has 2 aromatic rings. The van der Waals surface area contributed by atoms with Crippen molar-refractivity contribution in [3.63, 3.8) is 0 Å². The summed E-state index contributed by atoms with van der Waals surface area (Å²) in [6.45, 7) is 2.67. The van der Waals surface area contributed by atoms with Gasteiger partial charge in [-0.05, 0) is 29.7 Å². The molecule has 0 bridgehead atoms. The molecule has 0 saturated heterocycles. The van der Waals surface area contributed by atoms with Crippen LogP contribution in [0.2, 0.25) is 0 Å². The Kier molecular flexibility index (Phi) is 5.43. The minimum absolute atomic E-state index is 0.0217. The Morgan fingerprint density at radius 3 is 2.52 bits per heavy atom. The van der Waals surface area contributed by atoms with Crippen LogP contribution in [0.15, 0.2) is 53.4 Å². The zero-order valence-corrected chi connectivity index (χ0v) is 15.3. The van der Waals surface area contributed by atoms with Crippen molar-refractivity contribution in [1.29, 1.82) is 0 Å². The summed E-state index contributed by atoms with van der Waals surface area (Å²) in [6, 6.07) is 16.0. The highest BCUT2D eigenvalue weighted by atomic mass is 32.2. The fourth-order valence-electron chi connectivity index (χ4n) is 2.78. The Hall–Kier alpha value is -2.27. The Morgan fingerprint density at radius 2 is 1.80 bits per heavy atom. The molecule has 2 amide bonds. The number of aryl methyl sites for hydroxylation is 1. The van der Waals surface area contributed by atoms with E-state index in [0.717, 1.165) is 22.6 Å². The molecule has 1 heterocycles. The lowest BCUT2D eigenvalue weighted by molar-refractivity contribution is -0.131. The van der Waals surface area contributed by atoms with Crippen LogP contribution in [0.3, 0.4) is 0 Å². The molecule has 0 fully saturated rings. The van der Waals surface area contributed by atoms with Gasteiger partial charge in [0.05, 0.1) is 10.9 Å². The van der Waals surface area contributed by atoms with Crippen LogP contribution in [-0.2, 0) is 22.6 Å². The van der Waals surface area contributed by atoms with Gasteiger partial charge in [0.2, 0.25) is 11.8 Å². The van der Waals surface area contributed by atoms with Crippen LogP contribution in [0, 0.1) is 0 Å². The summed E-state index contributed by atoms with van der Waals surface area (Å²) in [5.74, 6) is -0.121. The van der Waals surface area contributed by atoms with Gasteiger partial charge >= 0.3 is 0 Å². The molecule has 0 saturated carbocycles. The second-order valence-corrected chi connectivity index (χ2v) is 7.46. The van der Waals surface area contributed by atoms with E-state index >= 15 is 0 Å². The first kappa shape index (κ1) is 17.5. The fraction of sp³-hybridized carbons (Fsp3) is 0.300. The third kappa shape index (κ3) is 4.23. The van der Waals surface area contributed by atoms with E-state index in [4.69, 9.17) is 0 Å². The van der Waals surface area contributed by atoms with Crippen LogP contribution in [0.25, 0.3) is 0 Å². The van der Waals surface area contributed by atoms with Gasteiger partial charge in [0, 0.05) is 24.9 Å². The molecule has 3 rings (SSSR count). The summed E-state index contributed by atoms with van der Waals surface area (Å²) in [6.07, 6.45) is 1.21. The van der Waals surface area contributed by atoms with Crippen LogP contribution in [-0.4, -0.2) is 29.0 Å². The summed E-state index contributed by atoms with van der Waals surface area (Å²) < 4.78 is 0. The average molecular weight is 354 g/mol. The molecule has 130 valence electrons.